The van der Waals surface area contributed by atoms with Crippen molar-refractivity contribution in [3.63, 3.8) is 0 Å². The average molecular weight is 271 g/mol. The third kappa shape index (κ3) is 5.37. The van der Waals surface area contributed by atoms with Crippen LogP contribution in [0.25, 0.3) is 0 Å². The van der Waals surface area contributed by atoms with E-state index >= 15 is 0 Å². The van der Waals surface area contributed by atoms with Crippen molar-refractivity contribution in [3.8, 4) is 0 Å². The number of hydrogen-bond donors (Lipinski definition) is 0. The molecule has 2 rings (SSSR count). The van der Waals surface area contributed by atoms with Crippen LogP contribution in [0.1, 0.15) is 33.6 Å². The van der Waals surface area contributed by atoms with Gasteiger partial charge < -0.3 is 19.1 Å². The highest BCUT2D eigenvalue weighted by Crippen LogP contribution is 2.28. The second kappa shape index (κ2) is 6.09. The van der Waals surface area contributed by atoms with E-state index in [4.69, 9.17) is 14.2 Å². The van der Waals surface area contributed by atoms with Crippen molar-refractivity contribution >= 4 is 6.09 Å². The van der Waals surface area contributed by atoms with E-state index in [0.717, 1.165) is 12.5 Å². The molecule has 0 bridgehead atoms. The molecule has 0 radical (unpaired) electrons. The van der Waals surface area contributed by atoms with Gasteiger partial charge in [0.25, 0.3) is 0 Å². The van der Waals surface area contributed by atoms with Crippen molar-refractivity contribution in [2.24, 2.45) is 5.92 Å². The molecule has 0 spiro atoms. The van der Waals surface area contributed by atoms with Crippen LogP contribution in [0.3, 0.4) is 0 Å². The molecule has 1 atom stereocenters. The largest absolute Gasteiger partial charge is 0.444 e. The minimum absolute atomic E-state index is 0.0278. The van der Waals surface area contributed by atoms with Crippen LogP contribution in [0, 0.1) is 5.92 Å². The molecule has 5 nitrogen and oxygen atoms in total. The number of ether oxygens (including phenoxy) is 3. The first-order valence-corrected chi connectivity index (χ1v) is 7.11. The van der Waals surface area contributed by atoms with Gasteiger partial charge in [-0.05, 0) is 39.5 Å². The first-order valence-electron chi connectivity index (χ1n) is 7.11. The van der Waals surface area contributed by atoms with Crippen LogP contribution in [0.5, 0.6) is 0 Å². The maximum atomic E-state index is 12.0. The lowest BCUT2D eigenvalue weighted by Gasteiger charge is -2.34. The SMILES string of the molecule is CC(C)(C)OC(=O)N1CCO[C@H](COCC2CC2)C1. The summed E-state index contributed by atoms with van der Waals surface area (Å²) in [6.07, 6.45) is 2.29. The van der Waals surface area contributed by atoms with Crippen molar-refractivity contribution in [1.29, 1.82) is 0 Å². The van der Waals surface area contributed by atoms with Gasteiger partial charge in [0.15, 0.2) is 0 Å². The average Bonchev–Trinajstić information content (AvgIpc) is 3.11. The summed E-state index contributed by atoms with van der Waals surface area (Å²) in [4.78, 5) is 13.7. The fourth-order valence-electron chi connectivity index (χ4n) is 1.96. The first-order chi connectivity index (χ1) is 8.94. The third-order valence-corrected chi connectivity index (χ3v) is 3.14. The van der Waals surface area contributed by atoms with E-state index in [2.05, 4.69) is 0 Å². The topological polar surface area (TPSA) is 48.0 Å². The van der Waals surface area contributed by atoms with Gasteiger partial charge in [0.05, 0.1) is 25.9 Å². The lowest BCUT2D eigenvalue weighted by Crippen LogP contribution is -2.48. The van der Waals surface area contributed by atoms with E-state index in [0.29, 0.717) is 26.3 Å². The van der Waals surface area contributed by atoms with Crippen molar-refractivity contribution in [2.45, 2.75) is 45.3 Å². The summed E-state index contributed by atoms with van der Waals surface area (Å²) in [7, 11) is 0. The van der Waals surface area contributed by atoms with Crippen molar-refractivity contribution in [1.82, 2.24) is 4.90 Å². The molecule has 1 saturated carbocycles. The molecule has 2 aliphatic rings. The number of carbonyl (C=O) groups is 1. The Morgan fingerprint density at radius 1 is 1.32 bits per heavy atom. The van der Waals surface area contributed by atoms with Gasteiger partial charge in [-0.1, -0.05) is 0 Å². The van der Waals surface area contributed by atoms with Crippen LogP contribution < -0.4 is 0 Å². The van der Waals surface area contributed by atoms with Crippen molar-refractivity contribution in [3.05, 3.63) is 0 Å². The van der Waals surface area contributed by atoms with Crippen LogP contribution in [0.2, 0.25) is 0 Å². The Kier molecular flexibility index (Phi) is 4.68. The lowest BCUT2D eigenvalue weighted by atomic mass is 10.2. The summed E-state index contributed by atoms with van der Waals surface area (Å²) in [6.45, 7) is 8.72. The maximum absolute atomic E-state index is 12.0. The number of morpholine rings is 1. The van der Waals surface area contributed by atoms with Gasteiger partial charge in [-0.25, -0.2) is 4.79 Å². The first kappa shape index (κ1) is 14.6. The van der Waals surface area contributed by atoms with Gasteiger partial charge in [-0.2, -0.15) is 0 Å². The fraction of sp³-hybridized carbons (Fsp3) is 0.929. The molecule has 2 fully saturated rings. The predicted octanol–water partition coefficient (Wildman–Crippen LogP) is 2.05. The Morgan fingerprint density at radius 2 is 2.05 bits per heavy atom. The molecule has 110 valence electrons. The van der Waals surface area contributed by atoms with Gasteiger partial charge in [0, 0.05) is 13.2 Å². The Bertz CT molecular complexity index is 309. The zero-order chi connectivity index (χ0) is 13.9. The quantitative estimate of drug-likeness (QED) is 0.785. The maximum Gasteiger partial charge on any atom is 0.410 e. The highest BCUT2D eigenvalue weighted by Gasteiger charge is 2.29. The Labute approximate surface area is 115 Å². The number of carbonyl (C=O) groups excluding carboxylic acids is 1. The molecule has 0 unspecified atom stereocenters. The minimum atomic E-state index is -0.451. The molecular weight excluding hydrogens is 246 g/mol. The highest BCUT2D eigenvalue weighted by molar-refractivity contribution is 5.68. The molecule has 0 aromatic rings. The fourth-order valence-corrected chi connectivity index (χ4v) is 1.96. The Balaban J connectivity index is 1.70. The summed E-state index contributed by atoms with van der Waals surface area (Å²) in [5.74, 6) is 0.755. The molecule has 1 heterocycles. The van der Waals surface area contributed by atoms with Gasteiger partial charge in [-0.15, -0.1) is 0 Å². The molecule has 0 N–H and O–H groups in total. The molecule has 1 amide bonds. The van der Waals surface area contributed by atoms with Crippen LogP contribution in [-0.2, 0) is 14.2 Å². The van der Waals surface area contributed by atoms with Gasteiger partial charge >= 0.3 is 6.09 Å². The smallest absolute Gasteiger partial charge is 0.410 e. The highest BCUT2D eigenvalue weighted by atomic mass is 16.6. The monoisotopic (exact) mass is 271 g/mol. The normalized spacial score (nSPS) is 24.4. The van der Waals surface area contributed by atoms with E-state index in [1.165, 1.54) is 12.8 Å². The van der Waals surface area contributed by atoms with Crippen molar-refractivity contribution < 1.29 is 19.0 Å². The third-order valence-electron chi connectivity index (χ3n) is 3.14. The van der Waals surface area contributed by atoms with Crippen LogP contribution in [-0.4, -0.2) is 55.6 Å². The minimum Gasteiger partial charge on any atom is -0.444 e. The molecule has 1 aliphatic heterocycles. The standard InChI is InChI=1S/C14H25NO4/c1-14(2,3)19-13(16)15-6-7-18-12(8-15)10-17-9-11-4-5-11/h11-12H,4-10H2,1-3H3/t12-/m0/s1. The van der Waals surface area contributed by atoms with Crippen molar-refractivity contribution in [2.75, 3.05) is 32.9 Å². The van der Waals surface area contributed by atoms with Crippen LogP contribution in [0.15, 0.2) is 0 Å². The van der Waals surface area contributed by atoms with Gasteiger partial charge in [-0.3, -0.25) is 0 Å². The van der Waals surface area contributed by atoms with E-state index < -0.39 is 5.60 Å². The van der Waals surface area contributed by atoms with Crippen LogP contribution >= 0.6 is 0 Å². The van der Waals surface area contributed by atoms with Crippen LogP contribution in [0.4, 0.5) is 4.79 Å². The second-order valence-corrected chi connectivity index (χ2v) is 6.40. The number of hydrogen-bond acceptors (Lipinski definition) is 4. The Morgan fingerprint density at radius 3 is 2.68 bits per heavy atom. The zero-order valence-electron chi connectivity index (χ0n) is 12.2. The molecule has 1 saturated heterocycles. The summed E-state index contributed by atoms with van der Waals surface area (Å²) in [5.41, 5.74) is -0.451. The van der Waals surface area contributed by atoms with Gasteiger partial charge in [0.2, 0.25) is 0 Å². The molecule has 1 aliphatic carbocycles. The summed E-state index contributed by atoms with van der Waals surface area (Å²) in [6, 6.07) is 0. The summed E-state index contributed by atoms with van der Waals surface area (Å²) >= 11 is 0. The molecule has 0 aromatic carbocycles. The Hall–Kier alpha value is -0.810. The summed E-state index contributed by atoms with van der Waals surface area (Å²) in [5, 5.41) is 0. The molecule has 19 heavy (non-hydrogen) atoms. The number of nitrogens with zero attached hydrogens (tertiary/aromatic N) is 1. The van der Waals surface area contributed by atoms with E-state index in [1.54, 1.807) is 4.90 Å². The van der Waals surface area contributed by atoms with E-state index in [1.807, 2.05) is 20.8 Å². The zero-order valence-corrected chi connectivity index (χ0v) is 12.2. The van der Waals surface area contributed by atoms with Gasteiger partial charge in [0.1, 0.15) is 5.60 Å². The van der Waals surface area contributed by atoms with E-state index in [-0.39, 0.29) is 12.2 Å². The second-order valence-electron chi connectivity index (χ2n) is 6.40. The number of amides is 1. The predicted molar refractivity (Wildman–Crippen MR) is 71.1 cm³/mol. The number of rotatable bonds is 4. The lowest BCUT2D eigenvalue weighted by molar-refractivity contribution is -0.0735. The summed E-state index contributed by atoms with van der Waals surface area (Å²) < 4.78 is 16.6. The molecule has 0 aromatic heterocycles. The molecular formula is C14H25NO4. The van der Waals surface area contributed by atoms with E-state index in [9.17, 15) is 4.79 Å². The molecule has 5 heteroatoms.